The van der Waals surface area contributed by atoms with Crippen LogP contribution in [0.25, 0.3) is 11.3 Å². The predicted molar refractivity (Wildman–Crippen MR) is 104 cm³/mol. The molecule has 4 rings (SSSR count). The summed E-state index contributed by atoms with van der Waals surface area (Å²) in [5.41, 5.74) is 2.14. The highest BCUT2D eigenvalue weighted by atomic mass is 16.1. The van der Waals surface area contributed by atoms with Gasteiger partial charge in [0.1, 0.15) is 0 Å². The van der Waals surface area contributed by atoms with Gasteiger partial charge in [0.15, 0.2) is 5.78 Å². The number of carbonyl (C=O) groups excluding carboxylic acids is 1. The summed E-state index contributed by atoms with van der Waals surface area (Å²) in [4.78, 5) is 35.8. The van der Waals surface area contributed by atoms with Crippen molar-refractivity contribution in [1.82, 2.24) is 14.5 Å². The van der Waals surface area contributed by atoms with Crippen molar-refractivity contribution in [3.8, 4) is 11.3 Å². The number of pyridine rings is 1. The number of hydrogen-bond donors (Lipinski definition) is 0. The Hall–Kier alpha value is -3.28. The summed E-state index contributed by atoms with van der Waals surface area (Å²) in [6, 6.07) is 14.5. The van der Waals surface area contributed by atoms with E-state index in [1.54, 1.807) is 23.0 Å². The van der Waals surface area contributed by atoms with E-state index >= 15 is 0 Å². The molecule has 0 saturated carbocycles. The summed E-state index contributed by atoms with van der Waals surface area (Å²) in [6.07, 6.45) is 4.62. The van der Waals surface area contributed by atoms with Gasteiger partial charge in [-0.1, -0.05) is 30.3 Å². The molecule has 3 heterocycles. The lowest BCUT2D eigenvalue weighted by Crippen LogP contribution is -2.39. The van der Waals surface area contributed by atoms with E-state index in [4.69, 9.17) is 4.98 Å². The first kappa shape index (κ1) is 17.1. The lowest BCUT2D eigenvalue weighted by atomic mass is 10.1. The number of aromatic nitrogens is 3. The molecule has 0 saturated heterocycles. The Bertz CT molecular complexity index is 1000. The third-order valence-electron chi connectivity index (χ3n) is 4.76. The number of hydrogen-bond acceptors (Lipinski definition) is 5. The fourth-order valence-corrected chi connectivity index (χ4v) is 3.35. The standard InChI is InChI=1S/C21H20N4O2/c26-19(17-5-2-1-3-6-17)9-14-24-12-4-13-25-20(27)15-18(23-21(24)25)16-7-10-22-11-8-16/h1-3,5-8,10-11,15H,4,9,12-14H2. The monoisotopic (exact) mass is 360 g/mol. The van der Waals surface area contributed by atoms with Crippen molar-refractivity contribution in [2.24, 2.45) is 0 Å². The second-order valence-electron chi connectivity index (χ2n) is 6.55. The molecule has 6 nitrogen and oxygen atoms in total. The smallest absolute Gasteiger partial charge is 0.255 e. The number of anilines is 1. The molecule has 0 bridgehead atoms. The number of ketones is 1. The number of Topliss-reactive ketones (excluding diaryl/α,β-unsaturated/α-hetero) is 1. The summed E-state index contributed by atoms with van der Waals surface area (Å²) in [6.45, 7) is 1.98. The molecule has 0 N–H and O–H groups in total. The van der Waals surface area contributed by atoms with Crippen molar-refractivity contribution in [1.29, 1.82) is 0 Å². The van der Waals surface area contributed by atoms with Crippen molar-refractivity contribution in [3.63, 3.8) is 0 Å². The molecular weight excluding hydrogens is 340 g/mol. The van der Waals surface area contributed by atoms with Crippen LogP contribution in [0.5, 0.6) is 0 Å². The summed E-state index contributed by atoms with van der Waals surface area (Å²) in [5, 5.41) is 0. The maximum Gasteiger partial charge on any atom is 0.255 e. The van der Waals surface area contributed by atoms with E-state index in [2.05, 4.69) is 4.98 Å². The minimum atomic E-state index is -0.0640. The summed E-state index contributed by atoms with van der Waals surface area (Å²) in [5.74, 6) is 0.738. The number of rotatable bonds is 5. The summed E-state index contributed by atoms with van der Waals surface area (Å²) in [7, 11) is 0. The lowest BCUT2D eigenvalue weighted by molar-refractivity contribution is 0.0984. The van der Waals surface area contributed by atoms with Gasteiger partial charge in [-0.15, -0.1) is 0 Å². The average molecular weight is 360 g/mol. The molecule has 3 aromatic rings. The van der Waals surface area contributed by atoms with E-state index in [9.17, 15) is 9.59 Å². The molecule has 0 radical (unpaired) electrons. The van der Waals surface area contributed by atoms with Crippen LogP contribution in [0.1, 0.15) is 23.2 Å². The van der Waals surface area contributed by atoms with Gasteiger partial charge < -0.3 is 4.90 Å². The Labute approximate surface area is 157 Å². The van der Waals surface area contributed by atoms with Gasteiger partial charge in [0.25, 0.3) is 5.56 Å². The van der Waals surface area contributed by atoms with E-state index < -0.39 is 0 Å². The molecule has 1 aromatic carbocycles. The van der Waals surface area contributed by atoms with Crippen molar-refractivity contribution < 1.29 is 4.79 Å². The number of nitrogens with zero attached hydrogens (tertiary/aromatic N) is 4. The molecule has 1 aliphatic rings. The van der Waals surface area contributed by atoms with Crippen LogP contribution < -0.4 is 10.5 Å². The largest absolute Gasteiger partial charge is 0.342 e. The first-order valence-corrected chi connectivity index (χ1v) is 9.08. The van der Waals surface area contributed by atoms with Crippen molar-refractivity contribution in [3.05, 3.63) is 76.8 Å². The topological polar surface area (TPSA) is 68.1 Å². The zero-order valence-electron chi connectivity index (χ0n) is 14.9. The second kappa shape index (κ2) is 7.53. The Kier molecular flexibility index (Phi) is 4.78. The Morgan fingerprint density at radius 2 is 1.81 bits per heavy atom. The van der Waals surface area contributed by atoms with Crippen LogP contribution in [-0.4, -0.2) is 33.4 Å². The van der Waals surface area contributed by atoms with Gasteiger partial charge >= 0.3 is 0 Å². The molecule has 0 aliphatic carbocycles. The van der Waals surface area contributed by atoms with Crippen molar-refractivity contribution in [2.75, 3.05) is 18.0 Å². The van der Waals surface area contributed by atoms with Gasteiger partial charge in [0, 0.05) is 55.6 Å². The molecule has 0 fully saturated rings. The van der Waals surface area contributed by atoms with Gasteiger partial charge in [-0.05, 0) is 18.6 Å². The SMILES string of the molecule is O=C(CCN1CCCn2c1nc(-c1ccncc1)cc2=O)c1ccccc1. The third-order valence-corrected chi connectivity index (χ3v) is 4.76. The van der Waals surface area contributed by atoms with Crippen LogP contribution in [0.3, 0.4) is 0 Å². The van der Waals surface area contributed by atoms with E-state index in [0.29, 0.717) is 36.7 Å². The van der Waals surface area contributed by atoms with Gasteiger partial charge in [-0.3, -0.25) is 19.1 Å². The molecule has 1 aliphatic heterocycles. The maximum absolute atomic E-state index is 12.6. The first-order chi connectivity index (χ1) is 13.2. The van der Waals surface area contributed by atoms with E-state index in [1.807, 2.05) is 47.4 Å². The summed E-state index contributed by atoms with van der Waals surface area (Å²) >= 11 is 0. The minimum Gasteiger partial charge on any atom is -0.342 e. The lowest BCUT2D eigenvalue weighted by Gasteiger charge is -2.30. The Balaban J connectivity index is 1.59. The van der Waals surface area contributed by atoms with Gasteiger partial charge in [0.05, 0.1) is 5.69 Å². The molecule has 0 unspecified atom stereocenters. The van der Waals surface area contributed by atoms with Gasteiger partial charge in [-0.2, -0.15) is 0 Å². The fourth-order valence-electron chi connectivity index (χ4n) is 3.35. The summed E-state index contributed by atoms with van der Waals surface area (Å²) < 4.78 is 1.70. The van der Waals surface area contributed by atoms with E-state index in [0.717, 1.165) is 18.5 Å². The molecule has 136 valence electrons. The molecule has 0 spiro atoms. The van der Waals surface area contributed by atoms with Crippen LogP contribution in [0.15, 0.2) is 65.7 Å². The molecule has 27 heavy (non-hydrogen) atoms. The van der Waals surface area contributed by atoms with Crippen molar-refractivity contribution >= 4 is 11.7 Å². The fraction of sp³-hybridized carbons (Fsp3) is 0.238. The average Bonchev–Trinajstić information content (AvgIpc) is 2.73. The van der Waals surface area contributed by atoms with Crippen LogP contribution in [0, 0.1) is 0 Å². The number of benzene rings is 1. The highest BCUT2D eigenvalue weighted by Gasteiger charge is 2.21. The first-order valence-electron chi connectivity index (χ1n) is 9.08. The molecular formula is C21H20N4O2. The van der Waals surface area contributed by atoms with Crippen LogP contribution in [-0.2, 0) is 6.54 Å². The molecule has 0 atom stereocenters. The second-order valence-corrected chi connectivity index (χ2v) is 6.55. The van der Waals surface area contributed by atoms with Crippen LogP contribution in [0.2, 0.25) is 0 Å². The quantitative estimate of drug-likeness (QED) is 0.655. The van der Waals surface area contributed by atoms with E-state index in [1.165, 1.54) is 0 Å². The van der Waals surface area contributed by atoms with Gasteiger partial charge in [-0.25, -0.2) is 4.98 Å². The third kappa shape index (κ3) is 3.65. The molecule has 6 heteroatoms. The normalized spacial score (nSPS) is 13.3. The van der Waals surface area contributed by atoms with Crippen LogP contribution in [0.4, 0.5) is 5.95 Å². The van der Waals surface area contributed by atoms with E-state index in [-0.39, 0.29) is 11.3 Å². The Morgan fingerprint density at radius 1 is 1.04 bits per heavy atom. The number of fused-ring (bicyclic) bond motifs is 1. The highest BCUT2D eigenvalue weighted by Crippen LogP contribution is 2.22. The molecule has 2 aromatic heterocycles. The van der Waals surface area contributed by atoms with Crippen LogP contribution >= 0.6 is 0 Å². The number of carbonyl (C=O) groups is 1. The van der Waals surface area contributed by atoms with Crippen molar-refractivity contribution in [2.45, 2.75) is 19.4 Å². The zero-order valence-corrected chi connectivity index (χ0v) is 14.9. The minimum absolute atomic E-state index is 0.0640. The highest BCUT2D eigenvalue weighted by molar-refractivity contribution is 5.96. The maximum atomic E-state index is 12.6. The predicted octanol–water partition coefficient (Wildman–Crippen LogP) is 2.79. The van der Waals surface area contributed by atoms with Gasteiger partial charge in [0.2, 0.25) is 5.95 Å². The Morgan fingerprint density at radius 3 is 2.59 bits per heavy atom. The molecule has 0 amide bonds. The zero-order chi connectivity index (χ0) is 18.6.